The summed E-state index contributed by atoms with van der Waals surface area (Å²) in [6.45, 7) is 4.30. The Morgan fingerprint density at radius 1 is 0.838 bits per heavy atom. The van der Waals surface area contributed by atoms with Gasteiger partial charge in [0.05, 0.1) is 11.6 Å². The van der Waals surface area contributed by atoms with Gasteiger partial charge in [-0.25, -0.2) is 0 Å². The van der Waals surface area contributed by atoms with Crippen LogP contribution in [0.15, 0.2) is 89.5 Å². The Kier molecular flexibility index (Phi) is 7.65. The standard InChI is InChI=1S/C29H27ClF3N3O/c30-23-12-10-22(11-13-23)28(21-6-2-1-3-7-21)36-18-16-35(17-19-36)15-14-24-20-27(34-37-24)25-8-4-5-9-26(25)29(31,32)33/h1-13,20,28H,14-19H2. The van der Waals surface area contributed by atoms with Crippen LogP contribution in [0.25, 0.3) is 11.3 Å². The lowest BCUT2D eigenvalue weighted by Gasteiger charge is -2.39. The van der Waals surface area contributed by atoms with Crippen molar-refractivity contribution in [3.8, 4) is 11.3 Å². The van der Waals surface area contributed by atoms with Gasteiger partial charge in [-0.05, 0) is 29.3 Å². The summed E-state index contributed by atoms with van der Waals surface area (Å²) < 4.78 is 45.5. The number of benzene rings is 3. The van der Waals surface area contributed by atoms with Crippen molar-refractivity contribution in [2.75, 3.05) is 32.7 Å². The second kappa shape index (κ2) is 11.1. The molecule has 0 radical (unpaired) electrons. The van der Waals surface area contributed by atoms with E-state index in [0.29, 0.717) is 12.2 Å². The largest absolute Gasteiger partial charge is 0.417 e. The van der Waals surface area contributed by atoms with Crippen LogP contribution in [0.3, 0.4) is 0 Å². The summed E-state index contributed by atoms with van der Waals surface area (Å²) in [7, 11) is 0. The number of rotatable bonds is 7. The van der Waals surface area contributed by atoms with Crippen molar-refractivity contribution in [1.82, 2.24) is 15.0 Å². The van der Waals surface area contributed by atoms with Gasteiger partial charge in [-0.1, -0.05) is 77.4 Å². The molecule has 1 unspecified atom stereocenters. The van der Waals surface area contributed by atoms with E-state index in [1.807, 2.05) is 18.2 Å². The number of halogens is 4. The molecule has 0 spiro atoms. The molecule has 1 atom stereocenters. The third-order valence-corrected chi connectivity index (χ3v) is 7.07. The molecule has 2 heterocycles. The highest BCUT2D eigenvalue weighted by Crippen LogP contribution is 2.36. The van der Waals surface area contributed by atoms with E-state index >= 15 is 0 Å². The maximum absolute atomic E-state index is 13.4. The molecule has 5 rings (SSSR count). The Morgan fingerprint density at radius 3 is 2.19 bits per heavy atom. The number of piperazine rings is 1. The molecule has 8 heteroatoms. The lowest BCUT2D eigenvalue weighted by atomic mass is 9.96. The molecule has 37 heavy (non-hydrogen) atoms. The SMILES string of the molecule is FC(F)(F)c1ccccc1-c1cc(CCN2CCN(C(c3ccccc3)c3ccc(Cl)cc3)CC2)on1. The highest BCUT2D eigenvalue weighted by Gasteiger charge is 2.34. The van der Waals surface area contributed by atoms with Crippen molar-refractivity contribution < 1.29 is 17.7 Å². The van der Waals surface area contributed by atoms with Gasteiger partial charge < -0.3 is 9.42 Å². The molecule has 1 fully saturated rings. The van der Waals surface area contributed by atoms with Crippen molar-refractivity contribution in [3.63, 3.8) is 0 Å². The molecule has 1 aliphatic rings. The van der Waals surface area contributed by atoms with E-state index in [4.69, 9.17) is 16.1 Å². The topological polar surface area (TPSA) is 32.5 Å². The van der Waals surface area contributed by atoms with E-state index in [9.17, 15) is 13.2 Å². The molecule has 1 aromatic heterocycles. The van der Waals surface area contributed by atoms with Gasteiger partial charge in [0.2, 0.25) is 0 Å². The quantitative estimate of drug-likeness (QED) is 0.261. The average molecular weight is 526 g/mol. The van der Waals surface area contributed by atoms with Gasteiger partial charge >= 0.3 is 6.18 Å². The molecule has 192 valence electrons. The summed E-state index contributed by atoms with van der Waals surface area (Å²) in [6, 6.07) is 25.7. The monoisotopic (exact) mass is 525 g/mol. The highest BCUT2D eigenvalue weighted by atomic mass is 35.5. The second-order valence-corrected chi connectivity index (χ2v) is 9.65. The Labute approximate surface area is 219 Å². The molecule has 0 aliphatic carbocycles. The molecule has 0 bridgehead atoms. The van der Waals surface area contributed by atoms with Crippen LogP contribution in [0.1, 0.15) is 28.5 Å². The summed E-state index contributed by atoms with van der Waals surface area (Å²) in [6.07, 6.45) is -3.86. The molecule has 4 nitrogen and oxygen atoms in total. The Morgan fingerprint density at radius 2 is 1.49 bits per heavy atom. The maximum Gasteiger partial charge on any atom is 0.417 e. The highest BCUT2D eigenvalue weighted by molar-refractivity contribution is 6.30. The summed E-state index contributed by atoms with van der Waals surface area (Å²) in [5.74, 6) is 0.581. The number of hydrogen-bond acceptors (Lipinski definition) is 4. The summed E-state index contributed by atoms with van der Waals surface area (Å²) in [4.78, 5) is 4.84. The third-order valence-electron chi connectivity index (χ3n) is 6.81. The number of hydrogen-bond donors (Lipinski definition) is 0. The van der Waals surface area contributed by atoms with Gasteiger partial charge in [-0.3, -0.25) is 4.90 Å². The van der Waals surface area contributed by atoms with Crippen molar-refractivity contribution in [2.24, 2.45) is 0 Å². The summed E-state index contributed by atoms with van der Waals surface area (Å²) >= 11 is 6.13. The first-order valence-corrected chi connectivity index (χ1v) is 12.7. The minimum Gasteiger partial charge on any atom is -0.361 e. The van der Waals surface area contributed by atoms with E-state index < -0.39 is 11.7 Å². The predicted octanol–water partition coefficient (Wildman–Crippen LogP) is 6.96. The lowest BCUT2D eigenvalue weighted by Crippen LogP contribution is -2.48. The average Bonchev–Trinajstić information content (AvgIpc) is 3.39. The first kappa shape index (κ1) is 25.5. The van der Waals surface area contributed by atoms with Crippen molar-refractivity contribution in [2.45, 2.75) is 18.6 Å². The summed E-state index contributed by atoms with van der Waals surface area (Å²) in [5.41, 5.74) is 1.98. The molecule has 1 saturated heterocycles. The zero-order valence-corrected chi connectivity index (χ0v) is 20.9. The molecule has 0 saturated carbocycles. The zero-order chi connectivity index (χ0) is 25.8. The number of aromatic nitrogens is 1. The van der Waals surface area contributed by atoms with Gasteiger partial charge in [0.25, 0.3) is 0 Å². The van der Waals surface area contributed by atoms with Crippen molar-refractivity contribution >= 4 is 11.6 Å². The zero-order valence-electron chi connectivity index (χ0n) is 20.2. The van der Waals surface area contributed by atoms with Crippen LogP contribution in [0.5, 0.6) is 0 Å². The first-order valence-electron chi connectivity index (χ1n) is 12.3. The molecule has 0 amide bonds. The van der Waals surface area contributed by atoms with Crippen LogP contribution in [-0.2, 0) is 12.6 Å². The minimum absolute atomic E-state index is 0.0350. The Hall–Kier alpha value is -3.13. The molecule has 1 aliphatic heterocycles. The van der Waals surface area contributed by atoms with Crippen molar-refractivity contribution in [1.29, 1.82) is 0 Å². The second-order valence-electron chi connectivity index (χ2n) is 9.21. The maximum atomic E-state index is 13.4. The smallest absolute Gasteiger partial charge is 0.361 e. The van der Waals surface area contributed by atoms with Crippen LogP contribution in [0.4, 0.5) is 13.2 Å². The molecule has 3 aromatic carbocycles. The number of alkyl halides is 3. The van der Waals surface area contributed by atoms with Gasteiger partial charge in [0.1, 0.15) is 11.5 Å². The molecular weight excluding hydrogens is 499 g/mol. The predicted molar refractivity (Wildman–Crippen MR) is 138 cm³/mol. The van der Waals surface area contributed by atoms with Gasteiger partial charge in [-0.15, -0.1) is 0 Å². The van der Waals surface area contributed by atoms with Gasteiger partial charge in [0.15, 0.2) is 0 Å². The van der Waals surface area contributed by atoms with Crippen LogP contribution >= 0.6 is 11.6 Å². The third kappa shape index (κ3) is 6.06. The number of nitrogens with zero attached hydrogens (tertiary/aromatic N) is 3. The van der Waals surface area contributed by atoms with E-state index in [1.165, 1.54) is 23.3 Å². The van der Waals surface area contributed by atoms with Crippen LogP contribution in [-0.4, -0.2) is 47.7 Å². The van der Waals surface area contributed by atoms with E-state index in [0.717, 1.165) is 43.8 Å². The van der Waals surface area contributed by atoms with Crippen LogP contribution < -0.4 is 0 Å². The minimum atomic E-state index is -4.45. The molecule has 4 aromatic rings. The molecular formula is C29H27ClF3N3O. The van der Waals surface area contributed by atoms with Gasteiger partial charge in [-0.2, -0.15) is 13.2 Å². The van der Waals surface area contributed by atoms with E-state index in [1.54, 1.807) is 12.1 Å². The Bertz CT molecular complexity index is 1300. The van der Waals surface area contributed by atoms with E-state index in [-0.39, 0.29) is 17.3 Å². The molecule has 0 N–H and O–H groups in total. The van der Waals surface area contributed by atoms with Gasteiger partial charge in [0, 0.05) is 55.8 Å². The van der Waals surface area contributed by atoms with Crippen molar-refractivity contribution in [3.05, 3.63) is 112 Å². The summed E-state index contributed by atoms with van der Waals surface area (Å²) in [5, 5.41) is 4.64. The first-order chi connectivity index (χ1) is 17.9. The van der Waals surface area contributed by atoms with Crippen LogP contribution in [0.2, 0.25) is 5.02 Å². The fourth-order valence-corrected chi connectivity index (χ4v) is 5.05. The normalized spacial score (nSPS) is 16.1. The van der Waals surface area contributed by atoms with E-state index in [2.05, 4.69) is 51.4 Å². The van der Waals surface area contributed by atoms with Crippen LogP contribution in [0, 0.1) is 0 Å². The lowest BCUT2D eigenvalue weighted by molar-refractivity contribution is -0.137. The fourth-order valence-electron chi connectivity index (χ4n) is 4.92. The Balaban J connectivity index is 1.22. The fraction of sp³-hybridized carbons (Fsp3) is 0.276.